The number of benzene rings is 1. The molecular formula is C18H29N3. The maximum Gasteiger partial charge on any atom is 0.103 e. The first-order chi connectivity index (χ1) is 10.0. The first-order valence-corrected chi connectivity index (χ1v) is 8.02. The molecule has 1 unspecified atom stereocenters. The standard InChI is InChI=1S/C18H29N3/c1-5-20-18(4,15-19)12-7-8-13-21(6-2)17-11-9-10-16(3)14-17/h9-11,14,20H,5-8,12-13H2,1-4H3. The number of anilines is 1. The summed E-state index contributed by atoms with van der Waals surface area (Å²) >= 11 is 0. The van der Waals surface area contributed by atoms with Crippen LogP contribution in [0, 0.1) is 18.3 Å². The third kappa shape index (κ3) is 5.77. The van der Waals surface area contributed by atoms with Crippen LogP contribution < -0.4 is 10.2 Å². The van der Waals surface area contributed by atoms with Gasteiger partial charge < -0.3 is 4.90 Å². The normalized spacial score (nSPS) is 13.5. The van der Waals surface area contributed by atoms with Crippen LogP contribution in [-0.4, -0.2) is 25.2 Å². The van der Waals surface area contributed by atoms with Crippen molar-refractivity contribution in [2.45, 2.75) is 52.5 Å². The van der Waals surface area contributed by atoms with E-state index in [0.29, 0.717) is 0 Å². The minimum Gasteiger partial charge on any atom is -0.372 e. The van der Waals surface area contributed by atoms with Gasteiger partial charge in [0.25, 0.3) is 0 Å². The molecule has 0 aliphatic rings. The lowest BCUT2D eigenvalue weighted by Gasteiger charge is -2.25. The fourth-order valence-corrected chi connectivity index (χ4v) is 2.65. The van der Waals surface area contributed by atoms with Crippen LogP contribution in [0.25, 0.3) is 0 Å². The van der Waals surface area contributed by atoms with Crippen LogP contribution in [0.5, 0.6) is 0 Å². The largest absolute Gasteiger partial charge is 0.372 e. The summed E-state index contributed by atoms with van der Waals surface area (Å²) in [6.07, 6.45) is 3.09. The second-order valence-electron chi connectivity index (χ2n) is 5.85. The summed E-state index contributed by atoms with van der Waals surface area (Å²) in [6.45, 7) is 11.3. The van der Waals surface area contributed by atoms with Gasteiger partial charge in [-0.25, -0.2) is 0 Å². The van der Waals surface area contributed by atoms with Crippen LogP contribution in [0.1, 0.15) is 45.6 Å². The average molecular weight is 287 g/mol. The summed E-state index contributed by atoms with van der Waals surface area (Å²) < 4.78 is 0. The molecule has 21 heavy (non-hydrogen) atoms. The minimum atomic E-state index is -0.380. The maximum atomic E-state index is 9.26. The molecule has 0 bridgehead atoms. The van der Waals surface area contributed by atoms with Crippen molar-refractivity contribution in [1.82, 2.24) is 5.32 Å². The Bertz CT molecular complexity index is 464. The first-order valence-electron chi connectivity index (χ1n) is 8.02. The molecule has 1 aromatic carbocycles. The molecule has 0 spiro atoms. The number of unbranched alkanes of at least 4 members (excludes halogenated alkanes) is 1. The van der Waals surface area contributed by atoms with E-state index in [2.05, 4.69) is 54.4 Å². The molecule has 0 aliphatic carbocycles. The van der Waals surface area contributed by atoms with Crippen molar-refractivity contribution in [2.24, 2.45) is 0 Å². The van der Waals surface area contributed by atoms with E-state index in [0.717, 1.165) is 38.9 Å². The van der Waals surface area contributed by atoms with Crippen LogP contribution in [0.3, 0.4) is 0 Å². The molecule has 0 aliphatic heterocycles. The van der Waals surface area contributed by atoms with Crippen molar-refractivity contribution >= 4 is 5.69 Å². The van der Waals surface area contributed by atoms with Crippen LogP contribution in [0.4, 0.5) is 5.69 Å². The van der Waals surface area contributed by atoms with Gasteiger partial charge >= 0.3 is 0 Å². The summed E-state index contributed by atoms with van der Waals surface area (Å²) in [5.41, 5.74) is 2.22. The van der Waals surface area contributed by atoms with Crippen LogP contribution in [-0.2, 0) is 0 Å². The number of aryl methyl sites for hydroxylation is 1. The number of nitriles is 1. The Morgan fingerprint density at radius 2 is 2.05 bits per heavy atom. The topological polar surface area (TPSA) is 39.1 Å². The molecular weight excluding hydrogens is 258 g/mol. The van der Waals surface area contributed by atoms with Gasteiger partial charge in [0.15, 0.2) is 0 Å². The molecule has 0 amide bonds. The van der Waals surface area contributed by atoms with Crippen molar-refractivity contribution in [3.63, 3.8) is 0 Å². The highest BCUT2D eigenvalue weighted by Crippen LogP contribution is 2.18. The lowest BCUT2D eigenvalue weighted by Crippen LogP contribution is -2.40. The molecule has 0 saturated carbocycles. The van der Waals surface area contributed by atoms with E-state index in [9.17, 15) is 5.26 Å². The SMILES string of the molecule is CCNC(C)(C#N)CCCCN(CC)c1cccc(C)c1. The highest BCUT2D eigenvalue weighted by molar-refractivity contribution is 5.48. The van der Waals surface area contributed by atoms with E-state index >= 15 is 0 Å². The molecule has 1 aromatic rings. The Balaban J connectivity index is 2.45. The Hall–Kier alpha value is -1.53. The van der Waals surface area contributed by atoms with Gasteiger partial charge in [0.2, 0.25) is 0 Å². The number of rotatable bonds is 9. The minimum absolute atomic E-state index is 0.380. The second-order valence-corrected chi connectivity index (χ2v) is 5.85. The van der Waals surface area contributed by atoms with Crippen LogP contribution in [0.2, 0.25) is 0 Å². The quantitative estimate of drug-likeness (QED) is 0.700. The number of hydrogen-bond donors (Lipinski definition) is 1. The lowest BCUT2D eigenvalue weighted by molar-refractivity contribution is 0.411. The zero-order valence-corrected chi connectivity index (χ0v) is 13.9. The van der Waals surface area contributed by atoms with Gasteiger partial charge in [0.1, 0.15) is 5.54 Å². The Morgan fingerprint density at radius 1 is 1.29 bits per heavy atom. The second kappa shape index (κ2) is 8.69. The summed E-state index contributed by atoms with van der Waals surface area (Å²) in [5.74, 6) is 0. The van der Waals surface area contributed by atoms with Crippen molar-refractivity contribution in [1.29, 1.82) is 5.26 Å². The van der Waals surface area contributed by atoms with E-state index in [1.165, 1.54) is 11.3 Å². The fourth-order valence-electron chi connectivity index (χ4n) is 2.65. The average Bonchev–Trinajstić information content (AvgIpc) is 2.47. The molecule has 1 atom stereocenters. The monoisotopic (exact) mass is 287 g/mol. The lowest BCUT2D eigenvalue weighted by atomic mass is 9.96. The molecule has 3 heteroatoms. The van der Waals surface area contributed by atoms with E-state index in [1.807, 2.05) is 13.8 Å². The van der Waals surface area contributed by atoms with Gasteiger partial charge in [-0.15, -0.1) is 0 Å². The van der Waals surface area contributed by atoms with E-state index < -0.39 is 0 Å². The summed E-state index contributed by atoms with van der Waals surface area (Å²) in [4.78, 5) is 2.41. The first kappa shape index (κ1) is 17.5. The number of hydrogen-bond acceptors (Lipinski definition) is 3. The summed E-state index contributed by atoms with van der Waals surface area (Å²) in [7, 11) is 0. The Labute approximate surface area is 130 Å². The van der Waals surface area contributed by atoms with Crippen molar-refractivity contribution in [3.05, 3.63) is 29.8 Å². The third-order valence-corrected chi connectivity index (χ3v) is 3.92. The maximum absolute atomic E-state index is 9.26. The van der Waals surface area contributed by atoms with Crippen molar-refractivity contribution in [3.8, 4) is 6.07 Å². The van der Waals surface area contributed by atoms with Gasteiger partial charge in [-0.3, -0.25) is 5.32 Å². The van der Waals surface area contributed by atoms with E-state index in [1.54, 1.807) is 0 Å². The zero-order chi connectivity index (χ0) is 15.7. The molecule has 3 nitrogen and oxygen atoms in total. The summed E-state index contributed by atoms with van der Waals surface area (Å²) in [6, 6.07) is 11.1. The highest BCUT2D eigenvalue weighted by atomic mass is 15.1. The van der Waals surface area contributed by atoms with Gasteiger partial charge in [0.05, 0.1) is 6.07 Å². The van der Waals surface area contributed by atoms with Crippen molar-refractivity contribution < 1.29 is 0 Å². The molecule has 0 radical (unpaired) electrons. The molecule has 116 valence electrons. The number of nitrogens with one attached hydrogen (secondary N) is 1. The van der Waals surface area contributed by atoms with Crippen molar-refractivity contribution in [2.75, 3.05) is 24.5 Å². The molecule has 1 rings (SSSR count). The smallest absolute Gasteiger partial charge is 0.103 e. The van der Waals surface area contributed by atoms with E-state index in [-0.39, 0.29) is 5.54 Å². The van der Waals surface area contributed by atoms with Crippen LogP contribution in [0.15, 0.2) is 24.3 Å². The zero-order valence-electron chi connectivity index (χ0n) is 13.9. The molecule has 0 heterocycles. The fraction of sp³-hybridized carbons (Fsp3) is 0.611. The Morgan fingerprint density at radius 3 is 2.62 bits per heavy atom. The van der Waals surface area contributed by atoms with Crippen LogP contribution >= 0.6 is 0 Å². The summed E-state index contributed by atoms with van der Waals surface area (Å²) in [5, 5.41) is 12.5. The molecule has 1 N–H and O–H groups in total. The van der Waals surface area contributed by atoms with E-state index in [4.69, 9.17) is 0 Å². The van der Waals surface area contributed by atoms with Gasteiger partial charge in [-0.2, -0.15) is 5.26 Å². The molecule has 0 aromatic heterocycles. The van der Waals surface area contributed by atoms with Gasteiger partial charge in [-0.05, 0) is 64.3 Å². The number of nitrogens with zero attached hydrogens (tertiary/aromatic N) is 2. The highest BCUT2D eigenvalue weighted by Gasteiger charge is 2.21. The molecule has 0 fully saturated rings. The predicted molar refractivity (Wildman–Crippen MR) is 90.6 cm³/mol. The van der Waals surface area contributed by atoms with Gasteiger partial charge in [-0.1, -0.05) is 19.1 Å². The predicted octanol–water partition coefficient (Wildman–Crippen LogP) is 3.88. The van der Waals surface area contributed by atoms with Gasteiger partial charge in [0, 0.05) is 18.8 Å². The Kier molecular flexibility index (Phi) is 7.25. The third-order valence-electron chi connectivity index (χ3n) is 3.92. The molecule has 0 saturated heterocycles.